The van der Waals surface area contributed by atoms with E-state index in [4.69, 9.17) is 9.41 Å². The summed E-state index contributed by atoms with van der Waals surface area (Å²) in [5, 5.41) is 4.89. The van der Waals surface area contributed by atoms with Crippen molar-refractivity contribution >= 4 is 64.7 Å². The van der Waals surface area contributed by atoms with Gasteiger partial charge in [0.05, 0.1) is 11.8 Å². The van der Waals surface area contributed by atoms with Gasteiger partial charge in [-0.1, -0.05) is 165 Å². The molecular weight excluding hydrogens is 747 g/mol. The first-order chi connectivity index (χ1) is 29.7. The SMILES string of the molecule is CCC1=C(c2ccccc2)CCCC(c2ccc3c(c2)oc2ccc(-c4ccc5sc6ccccc6c5c4-c4ccccc4)cc23)N=C1c1ccc(-c2ccccc2)cc1. The first-order valence-electron chi connectivity index (χ1n) is 21.2. The van der Waals surface area contributed by atoms with Crippen LogP contribution in [-0.2, 0) is 0 Å². The van der Waals surface area contributed by atoms with Crippen LogP contribution >= 0.6 is 11.3 Å². The van der Waals surface area contributed by atoms with Gasteiger partial charge in [0.15, 0.2) is 0 Å². The van der Waals surface area contributed by atoms with Gasteiger partial charge >= 0.3 is 0 Å². The van der Waals surface area contributed by atoms with E-state index in [2.05, 4.69) is 195 Å². The molecule has 1 aliphatic heterocycles. The summed E-state index contributed by atoms with van der Waals surface area (Å²) in [6, 6.07) is 68.3. The van der Waals surface area contributed by atoms with Crippen LogP contribution in [0.4, 0.5) is 0 Å². The Balaban J connectivity index is 1.02. The number of hydrogen-bond donors (Lipinski definition) is 0. The number of nitrogens with zero attached hydrogens (tertiary/aromatic N) is 1. The first kappa shape index (κ1) is 36.3. The smallest absolute Gasteiger partial charge is 0.135 e. The average molecular weight is 790 g/mol. The predicted molar refractivity (Wildman–Crippen MR) is 256 cm³/mol. The maximum atomic E-state index is 6.69. The molecule has 0 bridgehead atoms. The van der Waals surface area contributed by atoms with E-state index < -0.39 is 0 Å². The Bertz CT molecular complexity index is 3240. The van der Waals surface area contributed by atoms with Crippen molar-refractivity contribution in [1.29, 1.82) is 0 Å². The summed E-state index contributed by atoms with van der Waals surface area (Å²) in [5.41, 5.74) is 16.7. The van der Waals surface area contributed by atoms with Crippen molar-refractivity contribution in [2.75, 3.05) is 0 Å². The van der Waals surface area contributed by atoms with Crippen molar-refractivity contribution in [3.63, 3.8) is 0 Å². The highest BCUT2D eigenvalue weighted by atomic mass is 32.1. The molecule has 10 aromatic rings. The van der Waals surface area contributed by atoms with Crippen LogP contribution in [0.25, 0.3) is 81.1 Å². The van der Waals surface area contributed by atoms with Gasteiger partial charge in [0.1, 0.15) is 11.2 Å². The molecule has 0 fully saturated rings. The zero-order valence-corrected chi connectivity index (χ0v) is 34.4. The standard InChI is InChI=1S/C57H43NOS/c1-2-44-45(39-17-8-4-9-18-39)22-14-23-50(58-57(44)41-27-25-38(26-28-41)37-15-6-3-7-16-37)43-29-31-47-49-35-42(30-33-51(49)59-52(47)36-43)46-32-34-54-56(48-21-12-13-24-53(48)60-54)55(46)40-19-10-5-11-20-40/h3-13,15-21,24-36,50H,2,14,22-23H2,1H3. The number of fused-ring (bicyclic) bond motifs is 6. The van der Waals surface area contributed by atoms with Crippen molar-refractivity contribution in [3.8, 4) is 33.4 Å². The monoisotopic (exact) mass is 789 g/mol. The summed E-state index contributed by atoms with van der Waals surface area (Å²) in [6.45, 7) is 2.28. The Morgan fingerprint density at radius 1 is 0.533 bits per heavy atom. The van der Waals surface area contributed by atoms with Crippen LogP contribution < -0.4 is 0 Å². The molecule has 1 aliphatic rings. The second kappa shape index (κ2) is 15.4. The van der Waals surface area contributed by atoms with Gasteiger partial charge in [-0.05, 0) is 112 Å². The van der Waals surface area contributed by atoms with Gasteiger partial charge in [0.2, 0.25) is 0 Å². The molecule has 1 unspecified atom stereocenters. The lowest BCUT2D eigenvalue weighted by molar-refractivity contribution is 0.615. The third-order valence-corrected chi connectivity index (χ3v) is 13.5. The van der Waals surface area contributed by atoms with Gasteiger partial charge in [-0.15, -0.1) is 11.3 Å². The molecule has 3 heteroatoms. The molecule has 11 rings (SSSR count). The van der Waals surface area contributed by atoms with Crippen LogP contribution in [0.1, 0.15) is 55.3 Å². The highest BCUT2D eigenvalue weighted by Crippen LogP contribution is 2.46. The molecular formula is C57H43NOS. The van der Waals surface area contributed by atoms with Crippen LogP contribution in [0.3, 0.4) is 0 Å². The molecule has 0 aliphatic carbocycles. The molecule has 3 heterocycles. The molecule has 60 heavy (non-hydrogen) atoms. The Kier molecular flexibility index (Phi) is 9.32. The second-order valence-corrected chi connectivity index (χ2v) is 17.0. The number of furan rings is 1. The molecule has 0 spiro atoms. The summed E-state index contributed by atoms with van der Waals surface area (Å²) in [5.74, 6) is 0. The third kappa shape index (κ3) is 6.47. The van der Waals surface area contributed by atoms with E-state index in [9.17, 15) is 0 Å². The summed E-state index contributed by atoms with van der Waals surface area (Å²) in [7, 11) is 0. The van der Waals surface area contributed by atoms with Gasteiger partial charge in [-0.25, -0.2) is 0 Å². The van der Waals surface area contributed by atoms with Gasteiger partial charge in [-0.2, -0.15) is 0 Å². The van der Waals surface area contributed by atoms with Crippen molar-refractivity contribution in [3.05, 3.63) is 210 Å². The third-order valence-electron chi connectivity index (χ3n) is 12.4. The number of allylic oxidation sites excluding steroid dienone is 2. The lowest BCUT2D eigenvalue weighted by atomic mass is 9.85. The van der Waals surface area contributed by atoms with Crippen LogP contribution in [0.2, 0.25) is 0 Å². The quantitative estimate of drug-likeness (QED) is 0.158. The van der Waals surface area contributed by atoms with Crippen LogP contribution in [-0.4, -0.2) is 5.71 Å². The number of thiophene rings is 1. The fourth-order valence-electron chi connectivity index (χ4n) is 9.47. The lowest BCUT2D eigenvalue weighted by Crippen LogP contribution is -2.13. The highest BCUT2D eigenvalue weighted by molar-refractivity contribution is 7.26. The van der Waals surface area contributed by atoms with E-state index in [0.29, 0.717) is 0 Å². The van der Waals surface area contributed by atoms with Crippen molar-refractivity contribution < 1.29 is 4.42 Å². The number of benzene rings is 8. The molecule has 0 saturated carbocycles. The second-order valence-electron chi connectivity index (χ2n) is 15.9. The fourth-order valence-corrected chi connectivity index (χ4v) is 10.6. The molecule has 2 nitrogen and oxygen atoms in total. The minimum atomic E-state index is 0.00133. The lowest BCUT2D eigenvalue weighted by Gasteiger charge is -2.24. The first-order valence-corrected chi connectivity index (χ1v) is 22.0. The summed E-state index contributed by atoms with van der Waals surface area (Å²) >= 11 is 1.87. The fraction of sp³-hybridized carbons (Fsp3) is 0.105. The van der Waals surface area contributed by atoms with Crippen molar-refractivity contribution in [2.45, 2.75) is 38.6 Å². The topological polar surface area (TPSA) is 25.5 Å². The Morgan fingerprint density at radius 2 is 1.20 bits per heavy atom. The normalized spacial score (nSPS) is 14.8. The zero-order valence-electron chi connectivity index (χ0n) is 33.6. The molecule has 0 radical (unpaired) electrons. The minimum absolute atomic E-state index is 0.00133. The molecule has 288 valence electrons. The van der Waals surface area contributed by atoms with E-state index in [1.807, 2.05) is 11.3 Å². The van der Waals surface area contributed by atoms with E-state index >= 15 is 0 Å². The van der Waals surface area contributed by atoms with Gasteiger partial charge < -0.3 is 4.42 Å². The zero-order chi connectivity index (χ0) is 40.0. The Morgan fingerprint density at radius 3 is 1.97 bits per heavy atom. The van der Waals surface area contributed by atoms with E-state index in [-0.39, 0.29) is 6.04 Å². The summed E-state index contributed by atoms with van der Waals surface area (Å²) in [4.78, 5) is 5.72. The number of aliphatic imine (C=N–C) groups is 1. The molecule has 0 amide bonds. The van der Waals surface area contributed by atoms with E-state index in [1.54, 1.807) is 0 Å². The molecule has 1 atom stereocenters. The predicted octanol–water partition coefficient (Wildman–Crippen LogP) is 16.5. The van der Waals surface area contributed by atoms with E-state index in [1.165, 1.54) is 75.8 Å². The summed E-state index contributed by atoms with van der Waals surface area (Å²) in [6.07, 6.45) is 3.93. The molecule has 2 aromatic heterocycles. The largest absolute Gasteiger partial charge is 0.456 e. The Labute approximate surface area is 354 Å². The number of hydrogen-bond acceptors (Lipinski definition) is 3. The minimum Gasteiger partial charge on any atom is -0.456 e. The molecule has 0 N–H and O–H groups in total. The van der Waals surface area contributed by atoms with Gasteiger partial charge in [0, 0.05) is 36.5 Å². The van der Waals surface area contributed by atoms with Gasteiger partial charge in [0.25, 0.3) is 0 Å². The van der Waals surface area contributed by atoms with Crippen molar-refractivity contribution in [2.24, 2.45) is 4.99 Å². The Hall–Kier alpha value is -6.81. The average Bonchev–Trinajstić information content (AvgIpc) is 3.87. The van der Waals surface area contributed by atoms with Crippen LogP contribution in [0.15, 0.2) is 203 Å². The van der Waals surface area contributed by atoms with Crippen molar-refractivity contribution in [1.82, 2.24) is 0 Å². The maximum absolute atomic E-state index is 6.69. The van der Waals surface area contributed by atoms with Crippen LogP contribution in [0, 0.1) is 0 Å². The highest BCUT2D eigenvalue weighted by Gasteiger charge is 2.24. The summed E-state index contributed by atoms with van der Waals surface area (Å²) < 4.78 is 9.31. The number of rotatable bonds is 7. The van der Waals surface area contributed by atoms with Gasteiger partial charge in [-0.3, -0.25) is 4.99 Å². The molecule has 8 aromatic carbocycles. The van der Waals surface area contributed by atoms with E-state index in [0.717, 1.165) is 58.9 Å². The maximum Gasteiger partial charge on any atom is 0.135 e. The molecule has 0 saturated heterocycles. The van der Waals surface area contributed by atoms with Crippen LogP contribution in [0.5, 0.6) is 0 Å².